The van der Waals surface area contributed by atoms with Gasteiger partial charge in [-0.3, -0.25) is 14.3 Å². The first-order valence-electron chi connectivity index (χ1n) is 8.68. The molecule has 1 saturated heterocycles. The van der Waals surface area contributed by atoms with Crippen molar-refractivity contribution in [3.05, 3.63) is 18.0 Å². The van der Waals surface area contributed by atoms with E-state index in [2.05, 4.69) is 5.10 Å². The molecular formula is C17H23N3O3. The first kappa shape index (κ1) is 14.7. The van der Waals surface area contributed by atoms with Gasteiger partial charge in [-0.2, -0.15) is 5.10 Å². The number of amides is 1. The van der Waals surface area contributed by atoms with Gasteiger partial charge in [-0.15, -0.1) is 0 Å². The molecule has 6 nitrogen and oxygen atoms in total. The van der Waals surface area contributed by atoms with Gasteiger partial charge in [0, 0.05) is 19.3 Å². The largest absolute Gasteiger partial charge is 0.481 e. The molecule has 6 heteroatoms. The lowest BCUT2D eigenvalue weighted by Gasteiger charge is -2.23. The summed E-state index contributed by atoms with van der Waals surface area (Å²) in [4.78, 5) is 26.2. The summed E-state index contributed by atoms with van der Waals surface area (Å²) in [5.74, 6) is -0.760. The summed E-state index contributed by atoms with van der Waals surface area (Å²) in [7, 11) is 0. The van der Waals surface area contributed by atoms with Crippen molar-refractivity contribution < 1.29 is 14.7 Å². The van der Waals surface area contributed by atoms with Gasteiger partial charge < -0.3 is 10.0 Å². The lowest BCUT2D eigenvalue weighted by atomic mass is 9.81. The molecule has 3 fully saturated rings. The predicted molar refractivity (Wildman–Crippen MR) is 83.0 cm³/mol. The molecule has 3 aliphatic rings. The highest BCUT2D eigenvalue weighted by atomic mass is 16.4. The van der Waals surface area contributed by atoms with Crippen LogP contribution in [0.3, 0.4) is 0 Å². The van der Waals surface area contributed by atoms with Gasteiger partial charge >= 0.3 is 5.97 Å². The number of hydrogen-bond acceptors (Lipinski definition) is 3. The summed E-state index contributed by atoms with van der Waals surface area (Å²) < 4.78 is 1.92. The van der Waals surface area contributed by atoms with Crippen LogP contribution < -0.4 is 0 Å². The van der Waals surface area contributed by atoms with Crippen molar-refractivity contribution in [2.75, 3.05) is 13.1 Å². The molecule has 4 rings (SSSR count). The molecule has 0 radical (unpaired) electrons. The van der Waals surface area contributed by atoms with E-state index in [-0.39, 0.29) is 11.8 Å². The second kappa shape index (κ2) is 5.35. The molecule has 23 heavy (non-hydrogen) atoms. The maximum Gasteiger partial charge on any atom is 0.311 e. The minimum atomic E-state index is -0.744. The minimum Gasteiger partial charge on any atom is -0.481 e. The van der Waals surface area contributed by atoms with Gasteiger partial charge in [0.05, 0.1) is 11.5 Å². The highest BCUT2D eigenvalue weighted by Gasteiger charge is 2.56. The maximum absolute atomic E-state index is 12.7. The number of aliphatic carboxylic acids is 1. The number of hydrogen-bond donors (Lipinski definition) is 1. The monoisotopic (exact) mass is 317 g/mol. The maximum atomic E-state index is 12.7. The molecule has 2 aliphatic carbocycles. The fraction of sp³-hybridized carbons (Fsp3) is 0.706. The number of nitrogens with zero attached hydrogens (tertiary/aromatic N) is 3. The lowest BCUT2D eigenvalue weighted by molar-refractivity contribution is -0.149. The second-order valence-corrected chi connectivity index (χ2v) is 7.36. The summed E-state index contributed by atoms with van der Waals surface area (Å²) >= 11 is 0. The number of likely N-dealkylation sites (tertiary alicyclic amines) is 1. The van der Waals surface area contributed by atoms with Crippen molar-refractivity contribution in [3.63, 3.8) is 0 Å². The van der Waals surface area contributed by atoms with E-state index in [0.717, 1.165) is 25.7 Å². The molecule has 1 amide bonds. The zero-order valence-electron chi connectivity index (χ0n) is 13.3. The highest BCUT2D eigenvalue weighted by Crippen LogP contribution is 2.49. The van der Waals surface area contributed by atoms with E-state index < -0.39 is 11.4 Å². The smallest absolute Gasteiger partial charge is 0.311 e. The summed E-state index contributed by atoms with van der Waals surface area (Å²) in [5.41, 5.74) is -0.263. The molecule has 0 bridgehead atoms. The number of rotatable bonds is 3. The van der Waals surface area contributed by atoms with Crippen LogP contribution in [0.15, 0.2) is 12.3 Å². The third-order valence-corrected chi connectivity index (χ3v) is 6.11. The van der Waals surface area contributed by atoms with Crippen LogP contribution in [0.1, 0.15) is 61.5 Å². The summed E-state index contributed by atoms with van der Waals surface area (Å²) in [6, 6.07) is 2.20. The Balaban J connectivity index is 1.51. The molecule has 2 atom stereocenters. The molecule has 2 saturated carbocycles. The lowest BCUT2D eigenvalue weighted by Crippen LogP contribution is -2.37. The number of fused-ring (bicyclic) bond motifs is 1. The van der Waals surface area contributed by atoms with Gasteiger partial charge in [0.15, 0.2) is 0 Å². The Kier molecular flexibility index (Phi) is 3.43. The van der Waals surface area contributed by atoms with Crippen molar-refractivity contribution in [2.24, 2.45) is 11.3 Å². The van der Waals surface area contributed by atoms with E-state index in [1.54, 1.807) is 11.0 Å². The van der Waals surface area contributed by atoms with E-state index in [1.165, 1.54) is 12.8 Å². The number of carboxylic acids is 1. The third kappa shape index (κ3) is 2.26. The summed E-state index contributed by atoms with van der Waals surface area (Å²) in [6.45, 7) is 0.892. The van der Waals surface area contributed by atoms with Crippen LogP contribution in [0.5, 0.6) is 0 Å². The summed E-state index contributed by atoms with van der Waals surface area (Å²) in [6.07, 6.45) is 9.15. The molecular weight excluding hydrogens is 294 g/mol. The quantitative estimate of drug-likeness (QED) is 0.928. The van der Waals surface area contributed by atoms with Crippen molar-refractivity contribution >= 4 is 11.9 Å². The SMILES string of the molecule is O=C(c1ccn(C2CCCC2)n1)N1C[C@@H]2CCC[C@@]2(C(=O)O)C1. The molecule has 124 valence electrons. The average molecular weight is 317 g/mol. The molecule has 0 unspecified atom stereocenters. The van der Waals surface area contributed by atoms with Crippen LogP contribution in [0.25, 0.3) is 0 Å². The van der Waals surface area contributed by atoms with E-state index in [1.807, 2.05) is 10.9 Å². The van der Waals surface area contributed by atoms with Crippen molar-refractivity contribution in [1.29, 1.82) is 0 Å². The molecule has 1 aliphatic heterocycles. The Morgan fingerprint density at radius 3 is 2.70 bits per heavy atom. The molecule has 1 aromatic heterocycles. The Labute approximate surface area is 135 Å². The van der Waals surface area contributed by atoms with Gasteiger partial charge in [-0.25, -0.2) is 0 Å². The van der Waals surface area contributed by atoms with Gasteiger partial charge in [0.1, 0.15) is 5.69 Å². The second-order valence-electron chi connectivity index (χ2n) is 7.36. The van der Waals surface area contributed by atoms with Crippen LogP contribution in [0.4, 0.5) is 0 Å². The van der Waals surface area contributed by atoms with Gasteiger partial charge in [0.2, 0.25) is 0 Å². The predicted octanol–water partition coefficient (Wildman–Crippen LogP) is 2.33. The zero-order chi connectivity index (χ0) is 16.0. The van der Waals surface area contributed by atoms with Gasteiger partial charge in [0.25, 0.3) is 5.91 Å². The third-order valence-electron chi connectivity index (χ3n) is 6.11. The van der Waals surface area contributed by atoms with Gasteiger partial charge in [-0.1, -0.05) is 19.3 Å². The standard InChI is InChI=1S/C17H23N3O3/c21-15(14-7-9-20(18-14)13-5-1-2-6-13)19-10-12-4-3-8-17(12,11-19)16(22)23/h7,9,12-13H,1-6,8,10-11H2,(H,22,23)/t12-,17+/m0/s1. The fourth-order valence-electron chi connectivity index (χ4n) is 4.78. The summed E-state index contributed by atoms with van der Waals surface area (Å²) in [5, 5.41) is 14.1. The van der Waals surface area contributed by atoms with Crippen molar-refractivity contribution in [1.82, 2.24) is 14.7 Å². The Morgan fingerprint density at radius 1 is 1.22 bits per heavy atom. The zero-order valence-corrected chi connectivity index (χ0v) is 13.3. The van der Waals surface area contributed by atoms with Crippen LogP contribution >= 0.6 is 0 Å². The van der Waals surface area contributed by atoms with E-state index in [0.29, 0.717) is 31.2 Å². The number of aromatic nitrogens is 2. The highest BCUT2D eigenvalue weighted by molar-refractivity contribution is 5.93. The van der Waals surface area contributed by atoms with Crippen molar-refractivity contribution in [2.45, 2.75) is 51.0 Å². The average Bonchev–Trinajstić information content (AvgIpc) is 3.27. The number of carbonyl (C=O) groups is 2. The van der Waals surface area contributed by atoms with E-state index >= 15 is 0 Å². The number of carbonyl (C=O) groups excluding carboxylic acids is 1. The number of carboxylic acid groups (broad SMARTS) is 1. The first-order chi connectivity index (χ1) is 11.1. The topological polar surface area (TPSA) is 75.4 Å². The molecule has 2 heterocycles. The Hall–Kier alpha value is -1.85. The molecule has 1 aromatic rings. The first-order valence-corrected chi connectivity index (χ1v) is 8.68. The van der Waals surface area contributed by atoms with E-state index in [4.69, 9.17) is 0 Å². The van der Waals surface area contributed by atoms with Crippen molar-refractivity contribution in [3.8, 4) is 0 Å². The normalized spacial score (nSPS) is 30.8. The Morgan fingerprint density at radius 2 is 2.00 bits per heavy atom. The van der Waals surface area contributed by atoms with Crippen LogP contribution in [0.2, 0.25) is 0 Å². The van der Waals surface area contributed by atoms with Crippen LogP contribution in [-0.2, 0) is 4.79 Å². The minimum absolute atomic E-state index is 0.0980. The Bertz CT molecular complexity index is 635. The van der Waals surface area contributed by atoms with E-state index in [9.17, 15) is 14.7 Å². The van der Waals surface area contributed by atoms with Gasteiger partial charge in [-0.05, 0) is 37.7 Å². The molecule has 0 aromatic carbocycles. The fourth-order valence-corrected chi connectivity index (χ4v) is 4.78. The molecule has 0 spiro atoms. The van der Waals surface area contributed by atoms with Crippen LogP contribution in [-0.4, -0.2) is 44.8 Å². The molecule has 1 N–H and O–H groups in total. The van der Waals surface area contributed by atoms with Crippen LogP contribution in [0, 0.1) is 11.3 Å².